The van der Waals surface area contributed by atoms with E-state index in [4.69, 9.17) is 5.14 Å². The van der Waals surface area contributed by atoms with Gasteiger partial charge in [0.2, 0.25) is 15.9 Å². The molecule has 0 aliphatic carbocycles. The van der Waals surface area contributed by atoms with Gasteiger partial charge in [0.1, 0.15) is 11.9 Å². The van der Waals surface area contributed by atoms with Gasteiger partial charge in [0, 0.05) is 6.54 Å². The Morgan fingerprint density at radius 1 is 0.971 bits per heavy atom. The van der Waals surface area contributed by atoms with E-state index in [9.17, 15) is 27.2 Å². The highest BCUT2D eigenvalue weighted by molar-refractivity contribution is 7.89. The molecule has 0 aromatic heterocycles. The summed E-state index contributed by atoms with van der Waals surface area (Å²) in [5, 5.41) is 5.11. The van der Waals surface area contributed by atoms with Crippen molar-refractivity contribution in [3.8, 4) is 0 Å². The lowest BCUT2D eigenvalue weighted by molar-refractivity contribution is -0.122. The molecular weight excluding hydrogens is 473 g/mol. The SMILES string of the molecule is NS(=O)(=O)c1ccc(N2C(=O)CC(N(CCc3ccccc3)C(=O)c3ccccc3F)C2=O)cc1. The van der Waals surface area contributed by atoms with Crippen LogP contribution < -0.4 is 10.0 Å². The van der Waals surface area contributed by atoms with Gasteiger partial charge in [0.15, 0.2) is 0 Å². The van der Waals surface area contributed by atoms with E-state index in [-0.39, 0.29) is 29.1 Å². The Kier molecular flexibility index (Phi) is 6.77. The molecular formula is C25H22FN3O5S. The lowest BCUT2D eigenvalue weighted by Crippen LogP contribution is -2.46. The molecule has 3 aromatic carbocycles. The van der Waals surface area contributed by atoms with Crippen molar-refractivity contribution in [2.45, 2.75) is 23.8 Å². The van der Waals surface area contributed by atoms with Crippen molar-refractivity contribution in [2.75, 3.05) is 11.4 Å². The topological polar surface area (TPSA) is 118 Å². The van der Waals surface area contributed by atoms with E-state index in [1.807, 2.05) is 30.3 Å². The number of amides is 3. The normalized spacial score (nSPS) is 15.9. The average molecular weight is 496 g/mol. The van der Waals surface area contributed by atoms with Crippen molar-refractivity contribution in [2.24, 2.45) is 5.14 Å². The van der Waals surface area contributed by atoms with Gasteiger partial charge in [-0.05, 0) is 48.4 Å². The molecule has 180 valence electrons. The van der Waals surface area contributed by atoms with Crippen LogP contribution in [0.2, 0.25) is 0 Å². The molecule has 1 fully saturated rings. The van der Waals surface area contributed by atoms with Crippen LogP contribution in [0, 0.1) is 5.82 Å². The van der Waals surface area contributed by atoms with Crippen molar-refractivity contribution in [3.05, 3.63) is 95.8 Å². The number of sulfonamides is 1. The zero-order chi connectivity index (χ0) is 25.2. The highest BCUT2D eigenvalue weighted by atomic mass is 32.2. The number of benzene rings is 3. The number of imide groups is 1. The minimum absolute atomic E-state index is 0.0824. The van der Waals surface area contributed by atoms with Crippen LogP contribution in [0.15, 0.2) is 83.8 Å². The number of nitrogens with two attached hydrogens (primary N) is 1. The Morgan fingerprint density at radius 2 is 1.60 bits per heavy atom. The molecule has 1 saturated heterocycles. The summed E-state index contributed by atoms with van der Waals surface area (Å²) in [4.78, 5) is 41.5. The molecule has 1 heterocycles. The third-order valence-electron chi connectivity index (χ3n) is 5.77. The third-order valence-corrected chi connectivity index (χ3v) is 6.70. The summed E-state index contributed by atoms with van der Waals surface area (Å²) in [5.74, 6) is -2.64. The fourth-order valence-corrected chi connectivity index (χ4v) is 4.51. The molecule has 3 amide bonds. The van der Waals surface area contributed by atoms with Gasteiger partial charge in [-0.1, -0.05) is 42.5 Å². The fourth-order valence-electron chi connectivity index (χ4n) is 4.00. The van der Waals surface area contributed by atoms with Gasteiger partial charge in [0.05, 0.1) is 22.6 Å². The van der Waals surface area contributed by atoms with Crippen molar-refractivity contribution in [1.29, 1.82) is 0 Å². The lowest BCUT2D eigenvalue weighted by atomic mass is 10.1. The first-order valence-electron chi connectivity index (χ1n) is 10.8. The predicted octanol–water partition coefficient (Wildman–Crippen LogP) is 2.49. The first-order chi connectivity index (χ1) is 16.7. The third kappa shape index (κ3) is 5.13. The van der Waals surface area contributed by atoms with Gasteiger partial charge in [-0.15, -0.1) is 0 Å². The average Bonchev–Trinajstić information content (AvgIpc) is 3.13. The van der Waals surface area contributed by atoms with Gasteiger partial charge in [-0.25, -0.2) is 22.8 Å². The zero-order valence-corrected chi connectivity index (χ0v) is 19.3. The second-order valence-electron chi connectivity index (χ2n) is 8.04. The highest BCUT2D eigenvalue weighted by Gasteiger charge is 2.44. The molecule has 1 atom stereocenters. The van der Waals surface area contributed by atoms with Crippen molar-refractivity contribution >= 4 is 33.4 Å². The van der Waals surface area contributed by atoms with Crippen LogP contribution in [-0.4, -0.2) is 43.6 Å². The van der Waals surface area contributed by atoms with Crippen LogP contribution >= 0.6 is 0 Å². The Hall–Kier alpha value is -3.89. The number of carbonyl (C=O) groups is 3. The fraction of sp³-hybridized carbons (Fsp3) is 0.160. The van der Waals surface area contributed by atoms with E-state index >= 15 is 0 Å². The van der Waals surface area contributed by atoms with E-state index in [2.05, 4.69) is 0 Å². The standard InChI is InChI=1S/C25H22FN3O5S/c26-21-9-5-4-8-20(21)24(31)28(15-14-17-6-2-1-3-7-17)22-16-23(30)29(25(22)32)18-10-12-19(13-11-18)35(27,33)34/h1-13,22H,14-16H2,(H2,27,33,34). The maximum Gasteiger partial charge on any atom is 0.257 e. The van der Waals surface area contributed by atoms with E-state index in [0.717, 1.165) is 16.5 Å². The van der Waals surface area contributed by atoms with E-state index in [0.29, 0.717) is 6.42 Å². The van der Waals surface area contributed by atoms with Crippen molar-refractivity contribution in [3.63, 3.8) is 0 Å². The molecule has 4 rings (SSSR count). The summed E-state index contributed by atoms with van der Waals surface area (Å²) in [6.45, 7) is 0.0824. The Bertz CT molecular complexity index is 1380. The highest BCUT2D eigenvalue weighted by Crippen LogP contribution is 2.28. The summed E-state index contributed by atoms with van der Waals surface area (Å²) in [5.41, 5.74) is 0.860. The summed E-state index contributed by atoms with van der Waals surface area (Å²) in [6, 6.07) is 18.6. The summed E-state index contributed by atoms with van der Waals surface area (Å²) in [6.07, 6.45) is 0.104. The van der Waals surface area contributed by atoms with Crippen molar-refractivity contribution in [1.82, 2.24) is 4.90 Å². The van der Waals surface area contributed by atoms with Gasteiger partial charge >= 0.3 is 0 Å². The van der Waals surface area contributed by atoms with Crippen LogP contribution in [0.5, 0.6) is 0 Å². The number of nitrogens with zero attached hydrogens (tertiary/aromatic N) is 2. The van der Waals surface area contributed by atoms with Gasteiger partial charge in [0.25, 0.3) is 11.8 Å². The summed E-state index contributed by atoms with van der Waals surface area (Å²) in [7, 11) is -3.95. The maximum atomic E-state index is 14.4. The van der Waals surface area contributed by atoms with Gasteiger partial charge < -0.3 is 4.90 Å². The number of anilines is 1. The number of primary sulfonamides is 1. The Balaban J connectivity index is 1.65. The molecule has 2 N–H and O–H groups in total. The molecule has 0 bridgehead atoms. The number of halogens is 1. The Labute approximate surface area is 201 Å². The van der Waals surface area contributed by atoms with Gasteiger partial charge in [-0.2, -0.15) is 0 Å². The number of hydrogen-bond donors (Lipinski definition) is 1. The molecule has 1 aliphatic rings. The number of hydrogen-bond acceptors (Lipinski definition) is 5. The maximum absolute atomic E-state index is 14.4. The minimum Gasteiger partial charge on any atom is -0.326 e. The van der Waals surface area contributed by atoms with Crippen LogP contribution in [0.3, 0.4) is 0 Å². The Morgan fingerprint density at radius 3 is 2.23 bits per heavy atom. The van der Waals surface area contributed by atoms with Crippen LogP contribution in [0.1, 0.15) is 22.3 Å². The lowest BCUT2D eigenvalue weighted by Gasteiger charge is -2.28. The minimum atomic E-state index is -3.95. The predicted molar refractivity (Wildman–Crippen MR) is 126 cm³/mol. The molecule has 8 nitrogen and oxygen atoms in total. The first kappa shape index (κ1) is 24.2. The second kappa shape index (κ2) is 9.77. The largest absolute Gasteiger partial charge is 0.326 e. The molecule has 0 saturated carbocycles. The van der Waals surface area contributed by atoms with Gasteiger partial charge in [-0.3, -0.25) is 14.4 Å². The zero-order valence-electron chi connectivity index (χ0n) is 18.5. The number of rotatable bonds is 7. The van der Waals surface area contributed by atoms with E-state index in [1.54, 1.807) is 0 Å². The number of carbonyl (C=O) groups excluding carboxylic acids is 3. The summed E-state index contributed by atoms with van der Waals surface area (Å²) < 4.78 is 37.5. The first-order valence-corrected chi connectivity index (χ1v) is 12.3. The monoisotopic (exact) mass is 495 g/mol. The second-order valence-corrected chi connectivity index (χ2v) is 9.60. The summed E-state index contributed by atoms with van der Waals surface area (Å²) >= 11 is 0. The molecule has 35 heavy (non-hydrogen) atoms. The van der Waals surface area contributed by atoms with E-state index < -0.39 is 39.6 Å². The van der Waals surface area contributed by atoms with E-state index in [1.165, 1.54) is 47.4 Å². The smallest absolute Gasteiger partial charge is 0.257 e. The molecule has 0 spiro atoms. The quantitative estimate of drug-likeness (QED) is 0.506. The molecule has 1 unspecified atom stereocenters. The van der Waals surface area contributed by atoms with Crippen LogP contribution in [0.4, 0.5) is 10.1 Å². The molecule has 1 aliphatic heterocycles. The molecule has 10 heteroatoms. The van der Waals surface area contributed by atoms with Crippen LogP contribution in [0.25, 0.3) is 0 Å². The van der Waals surface area contributed by atoms with Crippen molar-refractivity contribution < 1.29 is 27.2 Å². The molecule has 3 aromatic rings. The molecule has 0 radical (unpaired) electrons. The van der Waals surface area contributed by atoms with Crippen LogP contribution in [-0.2, 0) is 26.0 Å².